The van der Waals surface area contributed by atoms with Crippen LogP contribution >= 0.6 is 15.9 Å². The first-order valence-corrected chi connectivity index (χ1v) is 7.26. The lowest BCUT2D eigenvalue weighted by atomic mass is 10.1. The second-order valence-corrected chi connectivity index (χ2v) is 5.36. The minimum absolute atomic E-state index is 0.506. The standard InChI is InChI=1S/C16H18BrNO2/c1-19-16-10-12(7-8-18)5-6-15(16)20-11-13-3-2-4-14(17)9-13/h2-6,9-10H,7-8,11,18H2,1H3. The molecule has 0 fully saturated rings. The van der Waals surface area contributed by atoms with Crippen LogP contribution in [-0.2, 0) is 13.0 Å². The van der Waals surface area contributed by atoms with Crippen LogP contribution in [0.15, 0.2) is 46.9 Å². The third-order valence-corrected chi connectivity index (χ3v) is 3.44. The van der Waals surface area contributed by atoms with Crippen molar-refractivity contribution in [3.05, 3.63) is 58.1 Å². The van der Waals surface area contributed by atoms with E-state index in [-0.39, 0.29) is 0 Å². The molecular formula is C16H18BrNO2. The van der Waals surface area contributed by atoms with Crippen molar-refractivity contribution in [2.45, 2.75) is 13.0 Å². The lowest BCUT2D eigenvalue weighted by Gasteiger charge is -2.12. The van der Waals surface area contributed by atoms with Crippen LogP contribution in [0.25, 0.3) is 0 Å². The smallest absolute Gasteiger partial charge is 0.161 e. The average Bonchev–Trinajstić information content (AvgIpc) is 2.46. The highest BCUT2D eigenvalue weighted by atomic mass is 79.9. The molecule has 2 aromatic carbocycles. The molecular weight excluding hydrogens is 318 g/mol. The van der Waals surface area contributed by atoms with E-state index in [1.807, 2.05) is 42.5 Å². The third-order valence-electron chi connectivity index (χ3n) is 2.94. The van der Waals surface area contributed by atoms with Crippen LogP contribution in [0.3, 0.4) is 0 Å². The highest BCUT2D eigenvalue weighted by Crippen LogP contribution is 2.29. The first-order chi connectivity index (χ1) is 9.72. The van der Waals surface area contributed by atoms with E-state index in [0.29, 0.717) is 13.2 Å². The summed E-state index contributed by atoms with van der Waals surface area (Å²) < 4.78 is 12.2. The van der Waals surface area contributed by atoms with Crippen molar-refractivity contribution < 1.29 is 9.47 Å². The summed E-state index contributed by atoms with van der Waals surface area (Å²) >= 11 is 3.45. The summed E-state index contributed by atoms with van der Waals surface area (Å²) in [5, 5.41) is 0. The Hall–Kier alpha value is -1.52. The van der Waals surface area contributed by atoms with Crippen molar-refractivity contribution in [1.29, 1.82) is 0 Å². The Morgan fingerprint density at radius 2 is 1.90 bits per heavy atom. The van der Waals surface area contributed by atoms with E-state index in [1.54, 1.807) is 7.11 Å². The van der Waals surface area contributed by atoms with Gasteiger partial charge in [0.25, 0.3) is 0 Å². The monoisotopic (exact) mass is 335 g/mol. The van der Waals surface area contributed by atoms with Gasteiger partial charge in [-0.25, -0.2) is 0 Å². The molecule has 0 unspecified atom stereocenters. The molecule has 106 valence electrons. The second-order valence-electron chi connectivity index (χ2n) is 4.44. The lowest BCUT2D eigenvalue weighted by molar-refractivity contribution is 0.284. The van der Waals surface area contributed by atoms with Gasteiger partial charge in [0, 0.05) is 4.47 Å². The number of hydrogen-bond acceptors (Lipinski definition) is 3. The van der Waals surface area contributed by atoms with Crippen molar-refractivity contribution >= 4 is 15.9 Å². The zero-order valence-electron chi connectivity index (χ0n) is 11.4. The number of nitrogens with two attached hydrogens (primary N) is 1. The molecule has 0 aliphatic heterocycles. The number of benzene rings is 2. The molecule has 0 bridgehead atoms. The molecule has 0 atom stereocenters. The largest absolute Gasteiger partial charge is 0.493 e. The van der Waals surface area contributed by atoms with Crippen LogP contribution in [0, 0.1) is 0 Å². The van der Waals surface area contributed by atoms with E-state index >= 15 is 0 Å². The molecule has 0 saturated carbocycles. The van der Waals surface area contributed by atoms with Crippen LogP contribution in [0.1, 0.15) is 11.1 Å². The second kappa shape index (κ2) is 7.31. The Labute approximate surface area is 127 Å². The number of rotatable bonds is 6. The number of ether oxygens (including phenoxy) is 2. The van der Waals surface area contributed by atoms with Gasteiger partial charge in [-0.2, -0.15) is 0 Å². The molecule has 0 aromatic heterocycles. The Bertz CT molecular complexity index is 572. The van der Waals surface area contributed by atoms with Gasteiger partial charge in [0.1, 0.15) is 6.61 Å². The van der Waals surface area contributed by atoms with E-state index in [4.69, 9.17) is 15.2 Å². The summed E-state index contributed by atoms with van der Waals surface area (Å²) in [6.07, 6.45) is 0.836. The topological polar surface area (TPSA) is 44.5 Å². The summed E-state index contributed by atoms with van der Waals surface area (Å²) in [5.74, 6) is 1.49. The van der Waals surface area contributed by atoms with Gasteiger partial charge in [-0.15, -0.1) is 0 Å². The average molecular weight is 336 g/mol. The van der Waals surface area contributed by atoms with E-state index < -0.39 is 0 Å². The Morgan fingerprint density at radius 3 is 2.60 bits per heavy atom. The predicted octanol–water partition coefficient (Wildman–Crippen LogP) is 3.54. The lowest BCUT2D eigenvalue weighted by Crippen LogP contribution is -2.03. The molecule has 2 N–H and O–H groups in total. The van der Waals surface area contributed by atoms with Crippen molar-refractivity contribution in [2.75, 3.05) is 13.7 Å². The fraction of sp³-hybridized carbons (Fsp3) is 0.250. The molecule has 0 aliphatic carbocycles. The first kappa shape index (κ1) is 14.9. The SMILES string of the molecule is COc1cc(CCN)ccc1OCc1cccc(Br)c1. The quantitative estimate of drug-likeness (QED) is 0.878. The third kappa shape index (κ3) is 3.99. The number of halogens is 1. The van der Waals surface area contributed by atoms with Crippen molar-refractivity contribution in [1.82, 2.24) is 0 Å². The fourth-order valence-corrected chi connectivity index (χ4v) is 2.39. The number of methoxy groups -OCH3 is 1. The minimum atomic E-state index is 0.506. The van der Waals surface area contributed by atoms with Gasteiger partial charge >= 0.3 is 0 Å². The van der Waals surface area contributed by atoms with Crippen LogP contribution in [-0.4, -0.2) is 13.7 Å². The Balaban J connectivity index is 2.09. The van der Waals surface area contributed by atoms with Gasteiger partial charge in [-0.05, 0) is 48.4 Å². The van der Waals surface area contributed by atoms with Crippen molar-refractivity contribution in [3.63, 3.8) is 0 Å². The molecule has 4 heteroatoms. The van der Waals surface area contributed by atoms with Gasteiger partial charge in [-0.3, -0.25) is 0 Å². The summed E-state index contributed by atoms with van der Waals surface area (Å²) in [6, 6.07) is 14.0. The summed E-state index contributed by atoms with van der Waals surface area (Å²) in [7, 11) is 1.65. The maximum absolute atomic E-state index is 5.83. The van der Waals surface area contributed by atoms with Crippen LogP contribution in [0.5, 0.6) is 11.5 Å². The van der Waals surface area contributed by atoms with Gasteiger partial charge in [0.15, 0.2) is 11.5 Å². The van der Waals surface area contributed by atoms with Crippen LogP contribution in [0.4, 0.5) is 0 Å². The maximum Gasteiger partial charge on any atom is 0.161 e. The highest BCUT2D eigenvalue weighted by molar-refractivity contribution is 9.10. The molecule has 2 rings (SSSR count). The van der Waals surface area contributed by atoms with Gasteiger partial charge in [-0.1, -0.05) is 34.1 Å². The van der Waals surface area contributed by atoms with E-state index in [2.05, 4.69) is 15.9 Å². The van der Waals surface area contributed by atoms with E-state index in [9.17, 15) is 0 Å². The fourth-order valence-electron chi connectivity index (χ4n) is 1.94. The molecule has 0 spiro atoms. The normalized spacial score (nSPS) is 10.3. The Morgan fingerprint density at radius 1 is 1.05 bits per heavy atom. The van der Waals surface area contributed by atoms with Gasteiger partial charge in [0.05, 0.1) is 7.11 Å². The zero-order chi connectivity index (χ0) is 14.4. The van der Waals surface area contributed by atoms with Crippen LogP contribution in [0.2, 0.25) is 0 Å². The minimum Gasteiger partial charge on any atom is -0.493 e. The molecule has 0 saturated heterocycles. The molecule has 2 aromatic rings. The van der Waals surface area contributed by atoms with Crippen molar-refractivity contribution in [2.24, 2.45) is 5.73 Å². The van der Waals surface area contributed by atoms with Gasteiger partial charge < -0.3 is 15.2 Å². The number of hydrogen-bond donors (Lipinski definition) is 1. The maximum atomic E-state index is 5.83. The Kier molecular flexibility index (Phi) is 5.44. The van der Waals surface area contributed by atoms with E-state index in [0.717, 1.165) is 33.5 Å². The summed E-state index contributed by atoms with van der Waals surface area (Å²) in [5.41, 5.74) is 7.82. The summed E-state index contributed by atoms with van der Waals surface area (Å²) in [6.45, 7) is 1.13. The first-order valence-electron chi connectivity index (χ1n) is 6.47. The zero-order valence-corrected chi connectivity index (χ0v) is 13.0. The molecule has 20 heavy (non-hydrogen) atoms. The van der Waals surface area contributed by atoms with Crippen molar-refractivity contribution in [3.8, 4) is 11.5 Å². The van der Waals surface area contributed by atoms with E-state index in [1.165, 1.54) is 0 Å². The molecule has 0 amide bonds. The van der Waals surface area contributed by atoms with Crippen LogP contribution < -0.4 is 15.2 Å². The molecule has 3 nitrogen and oxygen atoms in total. The molecule has 0 radical (unpaired) electrons. The molecule has 0 aliphatic rings. The summed E-state index contributed by atoms with van der Waals surface area (Å²) in [4.78, 5) is 0. The predicted molar refractivity (Wildman–Crippen MR) is 84.2 cm³/mol. The molecule has 0 heterocycles. The highest BCUT2D eigenvalue weighted by Gasteiger charge is 2.06. The van der Waals surface area contributed by atoms with Gasteiger partial charge in [0.2, 0.25) is 0 Å².